The van der Waals surface area contributed by atoms with Gasteiger partial charge in [-0.25, -0.2) is 0 Å². The van der Waals surface area contributed by atoms with E-state index in [1.807, 2.05) is 0 Å². The molecular formula is C6H14N5O2-. The molecule has 0 amide bonds. The molecule has 0 unspecified atom stereocenters. The van der Waals surface area contributed by atoms with E-state index >= 15 is 0 Å². The van der Waals surface area contributed by atoms with Crippen LogP contribution in [-0.2, 0) is 0 Å². The lowest BCUT2D eigenvalue weighted by molar-refractivity contribution is -0.692. The van der Waals surface area contributed by atoms with E-state index in [1.165, 1.54) is 5.01 Å². The molecule has 2 N–H and O–H groups in total. The standard InChI is InChI=1S/C6H15N5O2/c7-1-2-9-3-5-10(6-4-9)11(13)8-12/h12H,1-7H2/p-1/b11-8-. The van der Waals surface area contributed by atoms with Crippen molar-refractivity contribution in [3.63, 3.8) is 0 Å². The van der Waals surface area contributed by atoms with Crippen LogP contribution in [0.2, 0.25) is 0 Å². The summed E-state index contributed by atoms with van der Waals surface area (Å²) < 4.78 is 0. The Morgan fingerprint density at radius 3 is 2.38 bits per heavy atom. The van der Waals surface area contributed by atoms with E-state index in [0.717, 1.165) is 19.6 Å². The highest BCUT2D eigenvalue weighted by atomic mass is 16.6. The number of nitrogens with zero attached hydrogens (tertiary/aromatic N) is 4. The number of piperazine rings is 1. The summed E-state index contributed by atoms with van der Waals surface area (Å²) in [7, 11) is 0. The Bertz CT molecular complexity index is 178. The van der Waals surface area contributed by atoms with Gasteiger partial charge in [0, 0.05) is 31.1 Å². The van der Waals surface area contributed by atoms with Gasteiger partial charge >= 0.3 is 0 Å². The summed E-state index contributed by atoms with van der Waals surface area (Å²) in [5, 5.41) is 24.3. The highest BCUT2D eigenvalue weighted by Gasteiger charge is 2.20. The molecule has 1 fully saturated rings. The first-order chi connectivity index (χ1) is 6.27. The van der Waals surface area contributed by atoms with Gasteiger partial charge in [-0.05, 0) is 5.28 Å². The van der Waals surface area contributed by atoms with Crippen LogP contribution in [0, 0.1) is 10.4 Å². The predicted molar refractivity (Wildman–Crippen MR) is 46.5 cm³/mol. The summed E-state index contributed by atoms with van der Waals surface area (Å²) in [5.74, 6) is 0. The number of hydrogen-bond acceptors (Lipinski definition) is 5. The minimum Gasteiger partial charge on any atom is -0.737 e. The molecule has 0 spiro atoms. The topological polar surface area (TPSA) is 94.0 Å². The van der Waals surface area contributed by atoms with Crippen LogP contribution in [0.3, 0.4) is 0 Å². The minimum absolute atomic E-state index is 0.111. The monoisotopic (exact) mass is 188 g/mol. The van der Waals surface area contributed by atoms with Gasteiger partial charge in [0.05, 0.1) is 13.1 Å². The molecule has 0 atom stereocenters. The SMILES string of the molecule is NCCN1CCN(/[N+]([O-])=N/[O-])CC1. The first-order valence-corrected chi connectivity index (χ1v) is 4.25. The lowest BCUT2D eigenvalue weighted by Crippen LogP contribution is -2.49. The Morgan fingerprint density at radius 2 is 1.92 bits per heavy atom. The van der Waals surface area contributed by atoms with Crippen LogP contribution in [0.25, 0.3) is 0 Å². The summed E-state index contributed by atoms with van der Waals surface area (Å²) in [6.45, 7) is 4.04. The Balaban J connectivity index is 2.30. The van der Waals surface area contributed by atoms with Crippen molar-refractivity contribution in [2.24, 2.45) is 11.0 Å². The third-order valence-corrected chi connectivity index (χ3v) is 2.11. The average molecular weight is 188 g/mol. The van der Waals surface area contributed by atoms with Crippen molar-refractivity contribution >= 4 is 0 Å². The van der Waals surface area contributed by atoms with Gasteiger partial charge in [-0.15, -0.1) is 5.01 Å². The van der Waals surface area contributed by atoms with Crippen molar-refractivity contribution in [3.8, 4) is 0 Å². The first kappa shape index (κ1) is 10.0. The van der Waals surface area contributed by atoms with Crippen LogP contribution in [0.5, 0.6) is 0 Å². The zero-order chi connectivity index (χ0) is 9.68. The van der Waals surface area contributed by atoms with Crippen molar-refractivity contribution in [1.29, 1.82) is 0 Å². The Morgan fingerprint density at radius 1 is 1.31 bits per heavy atom. The highest BCUT2D eigenvalue weighted by molar-refractivity contribution is 4.66. The van der Waals surface area contributed by atoms with E-state index in [4.69, 9.17) is 5.73 Å². The van der Waals surface area contributed by atoms with Gasteiger partial charge in [-0.2, -0.15) is 0 Å². The van der Waals surface area contributed by atoms with Crippen LogP contribution in [0.15, 0.2) is 5.28 Å². The number of hydrogen-bond donors (Lipinski definition) is 1. The molecule has 13 heavy (non-hydrogen) atoms. The third-order valence-electron chi connectivity index (χ3n) is 2.11. The summed E-state index contributed by atoms with van der Waals surface area (Å²) in [5.41, 5.74) is 5.38. The van der Waals surface area contributed by atoms with Crippen LogP contribution < -0.4 is 5.73 Å². The van der Waals surface area contributed by atoms with Crippen molar-refractivity contribution in [2.45, 2.75) is 0 Å². The molecule has 76 valence electrons. The second-order valence-corrected chi connectivity index (χ2v) is 2.92. The molecule has 1 aliphatic heterocycles. The molecule has 1 saturated heterocycles. The molecule has 1 heterocycles. The molecule has 1 rings (SSSR count). The fourth-order valence-corrected chi connectivity index (χ4v) is 1.37. The molecule has 0 bridgehead atoms. The lowest BCUT2D eigenvalue weighted by atomic mass is 10.3. The van der Waals surface area contributed by atoms with Gasteiger partial charge in [0.15, 0.2) is 0 Å². The highest BCUT2D eigenvalue weighted by Crippen LogP contribution is 2.00. The maximum absolute atomic E-state index is 10.8. The van der Waals surface area contributed by atoms with E-state index in [2.05, 4.69) is 10.2 Å². The zero-order valence-corrected chi connectivity index (χ0v) is 7.43. The van der Waals surface area contributed by atoms with E-state index in [0.29, 0.717) is 19.6 Å². The predicted octanol–water partition coefficient (Wildman–Crippen LogP) is -1.06. The van der Waals surface area contributed by atoms with Crippen molar-refractivity contribution in [3.05, 3.63) is 10.4 Å². The van der Waals surface area contributed by atoms with E-state index in [9.17, 15) is 10.4 Å². The van der Waals surface area contributed by atoms with Gasteiger partial charge in [0.2, 0.25) is 0 Å². The van der Waals surface area contributed by atoms with E-state index < -0.39 is 0 Å². The molecule has 7 nitrogen and oxygen atoms in total. The molecule has 7 heteroatoms. The fourth-order valence-electron chi connectivity index (χ4n) is 1.37. The summed E-state index contributed by atoms with van der Waals surface area (Å²) in [6, 6.07) is 0. The zero-order valence-electron chi connectivity index (χ0n) is 7.43. The quantitative estimate of drug-likeness (QED) is 0.346. The number of nitrogens with two attached hydrogens (primary N) is 1. The largest absolute Gasteiger partial charge is 0.737 e. The minimum atomic E-state index is 0.111. The van der Waals surface area contributed by atoms with Gasteiger partial charge in [0.25, 0.3) is 0 Å². The Hall–Kier alpha value is -1.08. The van der Waals surface area contributed by atoms with Crippen LogP contribution in [-0.4, -0.2) is 54.1 Å². The average Bonchev–Trinajstić information content (AvgIpc) is 2.18. The maximum atomic E-state index is 10.8. The first-order valence-electron chi connectivity index (χ1n) is 4.25. The van der Waals surface area contributed by atoms with Gasteiger partial charge < -0.3 is 16.1 Å². The Labute approximate surface area is 76.5 Å². The number of rotatable bonds is 3. The van der Waals surface area contributed by atoms with E-state index in [-0.39, 0.29) is 4.97 Å². The Kier molecular flexibility index (Phi) is 3.71. The molecule has 0 aromatic rings. The van der Waals surface area contributed by atoms with Gasteiger partial charge in [0.1, 0.15) is 0 Å². The maximum Gasteiger partial charge on any atom is 0.0895 e. The van der Waals surface area contributed by atoms with Gasteiger partial charge in [-0.1, -0.05) is 0 Å². The normalized spacial score (nSPS) is 20.7. The van der Waals surface area contributed by atoms with Crippen molar-refractivity contribution in [2.75, 3.05) is 39.3 Å². The molecule has 1 aliphatic rings. The molecule has 0 radical (unpaired) electrons. The fraction of sp³-hybridized carbons (Fsp3) is 1.00. The molecule has 0 aliphatic carbocycles. The van der Waals surface area contributed by atoms with Crippen LogP contribution in [0.4, 0.5) is 0 Å². The second kappa shape index (κ2) is 4.83. The lowest BCUT2D eigenvalue weighted by Gasteiger charge is -2.31. The summed E-state index contributed by atoms with van der Waals surface area (Å²) in [6.07, 6.45) is 0. The molecule has 0 aromatic heterocycles. The summed E-state index contributed by atoms with van der Waals surface area (Å²) in [4.78, 5) is 2.26. The number of hydrazine groups is 1. The molecule has 0 aromatic carbocycles. The van der Waals surface area contributed by atoms with Crippen molar-refractivity contribution in [1.82, 2.24) is 9.91 Å². The summed E-state index contributed by atoms with van der Waals surface area (Å²) >= 11 is 0. The van der Waals surface area contributed by atoms with Crippen LogP contribution in [0.1, 0.15) is 0 Å². The molecule has 0 saturated carbocycles. The van der Waals surface area contributed by atoms with Crippen LogP contribution >= 0.6 is 0 Å². The van der Waals surface area contributed by atoms with Crippen molar-refractivity contribution < 1.29 is 4.97 Å². The second-order valence-electron chi connectivity index (χ2n) is 2.92. The third kappa shape index (κ3) is 2.71. The smallest absolute Gasteiger partial charge is 0.0895 e. The molecular weight excluding hydrogens is 174 g/mol. The van der Waals surface area contributed by atoms with Gasteiger partial charge in [-0.3, -0.25) is 4.90 Å². The van der Waals surface area contributed by atoms with E-state index in [1.54, 1.807) is 0 Å².